The van der Waals surface area contributed by atoms with Crippen molar-refractivity contribution in [2.45, 2.75) is 97.1 Å². The van der Waals surface area contributed by atoms with Gasteiger partial charge in [-0.15, -0.1) is 0 Å². The molecule has 1 aliphatic rings. The van der Waals surface area contributed by atoms with E-state index >= 15 is 0 Å². The summed E-state index contributed by atoms with van der Waals surface area (Å²) in [5.41, 5.74) is 0.851. The van der Waals surface area contributed by atoms with Crippen LogP contribution in [0.2, 0.25) is 18.1 Å². The third-order valence-corrected chi connectivity index (χ3v) is 9.51. The predicted octanol–water partition coefficient (Wildman–Crippen LogP) is 5.34. The van der Waals surface area contributed by atoms with Crippen LogP contribution in [0.15, 0.2) is 23.8 Å². The second-order valence-electron chi connectivity index (χ2n) is 8.84. The Morgan fingerprint density at radius 2 is 1.96 bits per heavy atom. The molecule has 0 fully saturated rings. The number of ether oxygens (including phenoxy) is 1. The number of ketones is 1. The molecule has 0 radical (unpaired) electrons. The SMILES string of the molecule is CC(C)OC(=O)CCCC=CCC1=C[C@H](O[Si](C)(C)C(C)(C)C)CC1=O. The molecule has 1 rings (SSSR count). The molecule has 1 aliphatic carbocycles. The van der Waals surface area contributed by atoms with Gasteiger partial charge in [0.1, 0.15) is 0 Å². The standard InChI is InChI=1S/C21H36O4Si/c1-16(2)24-20(23)13-11-9-8-10-12-17-14-18(15-19(17)22)25-26(6,7)21(3,4)5/h8,10,14,16,18H,9,11-13,15H2,1-7H3/t18-/m0/s1. The van der Waals surface area contributed by atoms with Gasteiger partial charge in [0.25, 0.3) is 0 Å². The van der Waals surface area contributed by atoms with Gasteiger partial charge in [0.15, 0.2) is 14.1 Å². The third-order valence-electron chi connectivity index (χ3n) is 5.01. The molecule has 0 saturated carbocycles. The molecule has 26 heavy (non-hydrogen) atoms. The fourth-order valence-electron chi connectivity index (χ4n) is 2.52. The van der Waals surface area contributed by atoms with Gasteiger partial charge in [-0.25, -0.2) is 0 Å². The number of rotatable bonds is 9. The van der Waals surface area contributed by atoms with Crippen LogP contribution in [0.3, 0.4) is 0 Å². The van der Waals surface area contributed by atoms with Gasteiger partial charge in [0, 0.05) is 12.8 Å². The van der Waals surface area contributed by atoms with Crippen LogP contribution >= 0.6 is 0 Å². The largest absolute Gasteiger partial charge is 0.463 e. The average molecular weight is 381 g/mol. The summed E-state index contributed by atoms with van der Waals surface area (Å²) in [6.45, 7) is 14.8. The monoisotopic (exact) mass is 380 g/mol. The fraction of sp³-hybridized carbons (Fsp3) is 0.714. The molecule has 0 bridgehead atoms. The summed E-state index contributed by atoms with van der Waals surface area (Å²) in [6, 6.07) is 0. The molecule has 0 aromatic heterocycles. The Morgan fingerprint density at radius 3 is 2.54 bits per heavy atom. The zero-order chi connectivity index (χ0) is 20.0. The molecule has 5 heteroatoms. The lowest BCUT2D eigenvalue weighted by atomic mass is 10.1. The first kappa shape index (κ1) is 22.8. The minimum absolute atomic E-state index is 0.0557. The van der Waals surface area contributed by atoms with Crippen molar-refractivity contribution < 1.29 is 18.8 Å². The predicted molar refractivity (Wildman–Crippen MR) is 109 cm³/mol. The van der Waals surface area contributed by atoms with Crippen LogP contribution in [0.1, 0.15) is 66.7 Å². The van der Waals surface area contributed by atoms with E-state index in [1.807, 2.05) is 32.1 Å². The van der Waals surface area contributed by atoms with Crippen molar-refractivity contribution in [2.75, 3.05) is 0 Å². The Balaban J connectivity index is 2.40. The summed E-state index contributed by atoms with van der Waals surface area (Å²) in [4.78, 5) is 23.7. The normalized spacial score (nSPS) is 18.7. The molecule has 0 unspecified atom stereocenters. The van der Waals surface area contributed by atoms with E-state index in [1.54, 1.807) is 0 Å². The van der Waals surface area contributed by atoms with Crippen LogP contribution in [0.5, 0.6) is 0 Å². The van der Waals surface area contributed by atoms with Crippen LogP contribution in [0.4, 0.5) is 0 Å². The van der Waals surface area contributed by atoms with Gasteiger partial charge in [-0.3, -0.25) is 9.59 Å². The first-order valence-corrected chi connectivity index (χ1v) is 12.6. The Kier molecular flexibility index (Phi) is 8.48. The fourth-order valence-corrected chi connectivity index (χ4v) is 3.78. The number of Topliss-reactive ketones (excluding diaryl/α,β-unsaturated/α-hetero) is 1. The molecule has 148 valence electrons. The number of hydrogen-bond acceptors (Lipinski definition) is 4. The van der Waals surface area contributed by atoms with Crippen LogP contribution in [-0.4, -0.2) is 32.3 Å². The minimum atomic E-state index is -1.86. The lowest BCUT2D eigenvalue weighted by molar-refractivity contribution is -0.147. The van der Waals surface area contributed by atoms with Crippen molar-refractivity contribution in [3.8, 4) is 0 Å². The average Bonchev–Trinajstić information content (AvgIpc) is 2.79. The summed E-state index contributed by atoms with van der Waals surface area (Å²) >= 11 is 0. The Labute approximate surface area is 160 Å². The lowest BCUT2D eigenvalue weighted by Crippen LogP contribution is -2.43. The number of hydrogen-bond donors (Lipinski definition) is 0. The second-order valence-corrected chi connectivity index (χ2v) is 13.6. The van der Waals surface area contributed by atoms with Crippen molar-refractivity contribution in [2.24, 2.45) is 0 Å². The summed E-state index contributed by atoms with van der Waals surface area (Å²) in [5, 5.41) is 0.142. The van der Waals surface area contributed by atoms with Crippen molar-refractivity contribution in [3.63, 3.8) is 0 Å². The first-order valence-electron chi connectivity index (χ1n) is 9.68. The summed E-state index contributed by atoms with van der Waals surface area (Å²) in [7, 11) is -1.86. The molecule has 0 aliphatic heterocycles. The van der Waals surface area contributed by atoms with Gasteiger partial charge in [0.2, 0.25) is 0 Å². The molecule has 0 spiro atoms. The quantitative estimate of drug-likeness (QED) is 0.234. The molecule has 0 aromatic rings. The van der Waals surface area contributed by atoms with Gasteiger partial charge in [-0.05, 0) is 62.9 Å². The summed E-state index contributed by atoms with van der Waals surface area (Å²) in [6.07, 6.45) is 9.08. The summed E-state index contributed by atoms with van der Waals surface area (Å²) in [5.74, 6) is 0.0477. The number of unbranched alkanes of at least 4 members (excludes halogenated alkanes) is 1. The van der Waals surface area contributed by atoms with E-state index in [0.717, 1.165) is 18.4 Å². The molecule has 0 amide bonds. The first-order chi connectivity index (χ1) is 11.9. The van der Waals surface area contributed by atoms with Gasteiger partial charge >= 0.3 is 5.97 Å². The maximum absolute atomic E-state index is 12.2. The second kappa shape index (κ2) is 9.65. The van der Waals surface area contributed by atoms with Gasteiger partial charge < -0.3 is 9.16 Å². The van der Waals surface area contributed by atoms with Gasteiger partial charge in [0.05, 0.1) is 12.2 Å². The molecule has 0 heterocycles. The molecule has 1 atom stereocenters. The zero-order valence-corrected chi connectivity index (χ0v) is 18.6. The van der Waals surface area contributed by atoms with Crippen molar-refractivity contribution in [1.29, 1.82) is 0 Å². The van der Waals surface area contributed by atoms with Crippen molar-refractivity contribution >= 4 is 20.1 Å². The van der Waals surface area contributed by atoms with E-state index in [2.05, 4.69) is 33.9 Å². The van der Waals surface area contributed by atoms with Crippen molar-refractivity contribution in [1.82, 2.24) is 0 Å². The minimum Gasteiger partial charge on any atom is -0.463 e. The third kappa shape index (κ3) is 7.58. The smallest absolute Gasteiger partial charge is 0.306 e. The molecular formula is C21H36O4Si. The number of allylic oxidation sites excluding steroid dienone is 3. The maximum atomic E-state index is 12.2. The zero-order valence-electron chi connectivity index (χ0n) is 17.6. The molecule has 0 aromatic carbocycles. The molecular weight excluding hydrogens is 344 g/mol. The Hall–Kier alpha value is -1.20. The number of esters is 1. The van der Waals surface area contributed by atoms with Crippen LogP contribution in [-0.2, 0) is 18.8 Å². The van der Waals surface area contributed by atoms with E-state index in [-0.39, 0.29) is 29.0 Å². The Bertz CT molecular complexity index is 553. The van der Waals surface area contributed by atoms with E-state index < -0.39 is 8.32 Å². The number of carbonyl (C=O) groups excluding carboxylic acids is 2. The van der Waals surface area contributed by atoms with Crippen molar-refractivity contribution in [3.05, 3.63) is 23.8 Å². The highest BCUT2D eigenvalue weighted by Gasteiger charge is 2.40. The lowest BCUT2D eigenvalue weighted by Gasteiger charge is -2.37. The van der Waals surface area contributed by atoms with E-state index in [0.29, 0.717) is 19.3 Å². The van der Waals surface area contributed by atoms with Crippen LogP contribution in [0, 0.1) is 0 Å². The van der Waals surface area contributed by atoms with E-state index in [9.17, 15) is 9.59 Å². The molecule has 0 saturated heterocycles. The van der Waals surface area contributed by atoms with Gasteiger partial charge in [-0.1, -0.05) is 32.9 Å². The van der Waals surface area contributed by atoms with E-state index in [4.69, 9.17) is 9.16 Å². The van der Waals surface area contributed by atoms with Crippen LogP contribution < -0.4 is 0 Å². The number of carbonyl (C=O) groups is 2. The van der Waals surface area contributed by atoms with Crippen LogP contribution in [0.25, 0.3) is 0 Å². The highest BCUT2D eigenvalue weighted by Crippen LogP contribution is 2.38. The maximum Gasteiger partial charge on any atom is 0.306 e. The van der Waals surface area contributed by atoms with Gasteiger partial charge in [-0.2, -0.15) is 0 Å². The molecule has 4 nitrogen and oxygen atoms in total. The highest BCUT2D eigenvalue weighted by atomic mass is 28.4. The Morgan fingerprint density at radius 1 is 1.31 bits per heavy atom. The van der Waals surface area contributed by atoms with E-state index in [1.165, 1.54) is 0 Å². The molecule has 0 N–H and O–H groups in total. The summed E-state index contributed by atoms with van der Waals surface area (Å²) < 4.78 is 11.4. The topological polar surface area (TPSA) is 52.6 Å². The highest BCUT2D eigenvalue weighted by molar-refractivity contribution is 6.74.